The van der Waals surface area contributed by atoms with Crippen LogP contribution >= 0.6 is 12.2 Å². The maximum atomic E-state index is 14.5. The third-order valence-electron chi connectivity index (χ3n) is 7.08. The largest absolute Gasteiger partial charge is 0.468 e. The van der Waals surface area contributed by atoms with Crippen molar-refractivity contribution in [2.75, 3.05) is 19.2 Å². The molecule has 0 saturated heterocycles. The fraction of sp³-hybridized carbons (Fsp3) is 0.240. The van der Waals surface area contributed by atoms with Crippen LogP contribution in [0.1, 0.15) is 22.3 Å². The number of allylic oxidation sites excluding steroid dienone is 1. The highest BCUT2D eigenvalue weighted by Crippen LogP contribution is 2.73. The summed E-state index contributed by atoms with van der Waals surface area (Å²) in [7, 11) is 2.14. The van der Waals surface area contributed by atoms with Gasteiger partial charge in [-0.3, -0.25) is 19.4 Å². The van der Waals surface area contributed by atoms with E-state index in [0.29, 0.717) is 5.69 Å². The van der Waals surface area contributed by atoms with Crippen LogP contribution in [-0.2, 0) is 29.5 Å². The standard InChI is InChI=1S/C25H19N3O6S/c1-32-21(30)23(22(31)33-2)19(35)12-18-17(13-26)24(23)20(29)15-10-6-7-11-16(15)25(24,34-18)28(27)14-8-4-3-5-9-14/h3-11H,12,27H2,1-2H3/t24-,25+/m0/s1. The molecule has 10 heteroatoms. The van der Waals surface area contributed by atoms with Crippen molar-refractivity contribution in [3.8, 4) is 6.07 Å². The normalized spacial score (nSPS) is 25.2. The van der Waals surface area contributed by atoms with Crippen molar-refractivity contribution in [3.63, 3.8) is 0 Å². The molecule has 2 N–H and O–H groups in total. The summed E-state index contributed by atoms with van der Waals surface area (Å²) in [4.78, 5) is 41.7. The Bertz CT molecular complexity index is 1380. The lowest BCUT2D eigenvalue weighted by atomic mass is 9.51. The molecule has 3 aliphatic rings. The highest BCUT2D eigenvalue weighted by Gasteiger charge is 2.88. The number of anilines is 1. The van der Waals surface area contributed by atoms with Gasteiger partial charge in [0.25, 0.3) is 0 Å². The summed E-state index contributed by atoms with van der Waals surface area (Å²) in [5, 5.41) is 11.5. The smallest absolute Gasteiger partial charge is 0.330 e. The molecule has 176 valence electrons. The van der Waals surface area contributed by atoms with Gasteiger partial charge in [-0.2, -0.15) is 5.26 Å². The fourth-order valence-corrected chi connectivity index (χ4v) is 6.26. The summed E-state index contributed by atoms with van der Waals surface area (Å²) >= 11 is 5.62. The quantitative estimate of drug-likeness (QED) is 0.224. The van der Waals surface area contributed by atoms with Gasteiger partial charge in [-0.15, -0.1) is 0 Å². The number of thiocarbonyl (C=S) groups is 1. The summed E-state index contributed by atoms with van der Waals surface area (Å²) < 4.78 is 16.6. The maximum Gasteiger partial charge on any atom is 0.330 e. The average Bonchev–Trinajstić information content (AvgIpc) is 3.25. The van der Waals surface area contributed by atoms with Gasteiger partial charge in [-0.1, -0.05) is 54.7 Å². The van der Waals surface area contributed by atoms with E-state index < -0.39 is 34.3 Å². The van der Waals surface area contributed by atoms with E-state index in [0.717, 1.165) is 14.2 Å². The monoisotopic (exact) mass is 489 g/mol. The summed E-state index contributed by atoms with van der Waals surface area (Å²) in [5.74, 6) is 3.81. The first-order chi connectivity index (χ1) is 16.8. The van der Waals surface area contributed by atoms with Crippen molar-refractivity contribution in [2.24, 2.45) is 16.7 Å². The Labute approximate surface area is 205 Å². The number of methoxy groups -OCH3 is 2. The molecule has 0 saturated carbocycles. The summed E-state index contributed by atoms with van der Waals surface area (Å²) in [6, 6.07) is 17.0. The molecule has 2 aromatic carbocycles. The molecule has 2 bridgehead atoms. The summed E-state index contributed by atoms with van der Waals surface area (Å²) in [6.45, 7) is 0. The van der Waals surface area contributed by atoms with E-state index in [1.807, 2.05) is 6.07 Å². The molecule has 1 aliphatic heterocycles. The SMILES string of the molecule is COC(=O)C1(C(=O)OC)C(=S)CC2=C(C#N)[C@]13C(=O)c1ccccc1[C@@]3(N(N)c1ccccc1)O2. The van der Waals surface area contributed by atoms with Gasteiger partial charge in [0.15, 0.2) is 11.2 Å². The van der Waals surface area contributed by atoms with Crippen LogP contribution in [0.3, 0.4) is 0 Å². The Kier molecular flexibility index (Phi) is 4.84. The zero-order valence-corrected chi connectivity index (χ0v) is 19.5. The Morgan fingerprint density at radius 3 is 2.29 bits per heavy atom. The van der Waals surface area contributed by atoms with E-state index in [1.54, 1.807) is 48.5 Å². The number of hydrogen-bond donors (Lipinski definition) is 1. The number of hydrogen-bond acceptors (Lipinski definition) is 10. The van der Waals surface area contributed by atoms with Crippen LogP contribution in [0.2, 0.25) is 0 Å². The van der Waals surface area contributed by atoms with Crippen LogP contribution in [0, 0.1) is 22.2 Å². The minimum absolute atomic E-state index is 0.0650. The van der Waals surface area contributed by atoms with E-state index in [4.69, 9.17) is 32.3 Å². The molecule has 1 heterocycles. The lowest BCUT2D eigenvalue weighted by molar-refractivity contribution is -0.176. The minimum Gasteiger partial charge on any atom is -0.468 e. The topological polar surface area (TPSA) is 132 Å². The minimum atomic E-state index is -2.53. The van der Waals surface area contributed by atoms with Crippen molar-refractivity contribution in [1.82, 2.24) is 0 Å². The Morgan fingerprint density at radius 2 is 1.69 bits per heavy atom. The third-order valence-corrected chi connectivity index (χ3v) is 7.53. The van der Waals surface area contributed by atoms with E-state index in [-0.39, 0.29) is 33.7 Å². The number of benzene rings is 2. The summed E-state index contributed by atoms with van der Waals surface area (Å²) in [5.41, 5.74) is -6.29. The van der Waals surface area contributed by atoms with Crippen molar-refractivity contribution < 1.29 is 28.6 Å². The number of carbonyl (C=O) groups excluding carboxylic acids is 3. The van der Waals surface area contributed by atoms with Crippen LogP contribution in [0.4, 0.5) is 5.69 Å². The van der Waals surface area contributed by atoms with Crippen molar-refractivity contribution in [3.05, 3.63) is 77.1 Å². The molecule has 0 aromatic heterocycles. The molecule has 35 heavy (non-hydrogen) atoms. The third kappa shape index (κ3) is 2.25. The second-order valence-electron chi connectivity index (χ2n) is 8.32. The molecule has 0 amide bonds. The second-order valence-corrected chi connectivity index (χ2v) is 8.81. The molecule has 2 aliphatic carbocycles. The van der Waals surface area contributed by atoms with Crippen LogP contribution in [0.25, 0.3) is 0 Å². The van der Waals surface area contributed by atoms with Gasteiger partial charge in [0, 0.05) is 22.4 Å². The molecular weight excluding hydrogens is 470 g/mol. The number of nitrogens with two attached hydrogens (primary N) is 1. The number of fused-ring (bicyclic) bond motifs is 2. The zero-order valence-electron chi connectivity index (χ0n) is 18.7. The second kappa shape index (κ2) is 7.46. The highest BCUT2D eigenvalue weighted by atomic mass is 32.1. The first kappa shape index (κ1) is 22.7. The number of ether oxygens (including phenoxy) is 3. The van der Waals surface area contributed by atoms with Crippen LogP contribution in [-0.4, -0.2) is 36.8 Å². The van der Waals surface area contributed by atoms with Crippen LogP contribution in [0.15, 0.2) is 65.9 Å². The molecule has 0 fully saturated rings. The molecule has 2 atom stereocenters. The number of para-hydroxylation sites is 1. The van der Waals surface area contributed by atoms with Gasteiger partial charge >= 0.3 is 11.9 Å². The van der Waals surface area contributed by atoms with E-state index >= 15 is 0 Å². The maximum absolute atomic E-state index is 14.5. The van der Waals surface area contributed by atoms with Gasteiger partial charge in [-0.25, -0.2) is 5.84 Å². The highest BCUT2D eigenvalue weighted by molar-refractivity contribution is 7.80. The van der Waals surface area contributed by atoms with Gasteiger partial charge in [-0.05, 0) is 12.1 Å². The van der Waals surface area contributed by atoms with E-state index in [2.05, 4.69) is 0 Å². The number of rotatable bonds is 4. The predicted octanol–water partition coefficient (Wildman–Crippen LogP) is 2.32. The molecule has 1 spiro atoms. The zero-order chi connectivity index (χ0) is 25.2. The Balaban J connectivity index is 2.01. The van der Waals surface area contributed by atoms with Crippen LogP contribution < -0.4 is 10.9 Å². The average molecular weight is 490 g/mol. The fourth-order valence-electron chi connectivity index (χ4n) is 5.81. The predicted molar refractivity (Wildman–Crippen MR) is 125 cm³/mol. The number of esters is 2. The lowest BCUT2D eigenvalue weighted by Gasteiger charge is -2.50. The Hall–Kier alpha value is -4.07. The van der Waals surface area contributed by atoms with Gasteiger partial charge in [0.05, 0.1) is 31.5 Å². The van der Waals surface area contributed by atoms with Gasteiger partial charge in [0.1, 0.15) is 5.76 Å². The number of nitriles is 1. The van der Waals surface area contributed by atoms with E-state index in [9.17, 15) is 19.6 Å². The number of ketones is 1. The first-order valence-electron chi connectivity index (χ1n) is 10.6. The van der Waals surface area contributed by atoms with Crippen molar-refractivity contribution in [2.45, 2.75) is 12.1 Å². The number of Topliss-reactive ketones (excluding diaryl/α,β-unsaturated/α-hetero) is 1. The molecule has 9 nitrogen and oxygen atoms in total. The summed E-state index contributed by atoms with van der Waals surface area (Å²) in [6.07, 6.45) is -0.246. The molecular formula is C25H19N3O6S. The number of nitrogens with zero attached hydrogens (tertiary/aromatic N) is 2. The molecule has 2 aromatic rings. The van der Waals surface area contributed by atoms with Crippen LogP contribution in [0.5, 0.6) is 0 Å². The van der Waals surface area contributed by atoms with Gasteiger partial charge < -0.3 is 14.2 Å². The molecule has 0 unspecified atom stereocenters. The number of hydrazine groups is 1. The Morgan fingerprint density at radius 1 is 1.09 bits per heavy atom. The van der Waals surface area contributed by atoms with Crippen molar-refractivity contribution >= 4 is 40.5 Å². The van der Waals surface area contributed by atoms with Gasteiger partial charge in [0.2, 0.25) is 11.1 Å². The first-order valence-corrected chi connectivity index (χ1v) is 11.0. The molecule has 0 radical (unpaired) electrons. The van der Waals surface area contributed by atoms with Crippen molar-refractivity contribution in [1.29, 1.82) is 5.26 Å². The molecule has 5 rings (SSSR count). The van der Waals surface area contributed by atoms with E-state index in [1.165, 1.54) is 11.1 Å². The lowest BCUT2D eigenvalue weighted by Crippen LogP contribution is -2.71. The number of carbonyl (C=O) groups is 3.